The molecule has 29 heavy (non-hydrogen) atoms. The van der Waals surface area contributed by atoms with Gasteiger partial charge in [0.15, 0.2) is 0 Å². The van der Waals surface area contributed by atoms with E-state index in [2.05, 4.69) is 37.2 Å². The molecule has 4 fully saturated rings. The van der Waals surface area contributed by atoms with Crippen LogP contribution in [0.5, 0.6) is 0 Å². The van der Waals surface area contributed by atoms with Gasteiger partial charge in [0.05, 0.1) is 23.6 Å². The fourth-order valence-electron chi connectivity index (χ4n) is 5.50. The molecule has 2 aliphatic carbocycles. The van der Waals surface area contributed by atoms with E-state index in [1.54, 1.807) is 24.3 Å². The second-order valence-electron chi connectivity index (χ2n) is 8.41. The molecule has 4 aliphatic rings. The van der Waals surface area contributed by atoms with E-state index in [-0.39, 0.29) is 57.2 Å². The predicted octanol–water partition coefficient (Wildman–Crippen LogP) is 2.88. The van der Waals surface area contributed by atoms with Gasteiger partial charge in [0.25, 0.3) is 5.91 Å². The Hall–Kier alpha value is -1.25. The Morgan fingerprint density at radius 3 is 2.45 bits per heavy atom. The molecule has 2 bridgehead atoms. The smallest absolute Gasteiger partial charge is 0.251 e. The van der Waals surface area contributed by atoms with E-state index in [4.69, 9.17) is 4.74 Å². The van der Waals surface area contributed by atoms with Gasteiger partial charge in [-0.15, -0.1) is 0 Å². The van der Waals surface area contributed by atoms with Gasteiger partial charge in [0, 0.05) is 28.4 Å². The van der Waals surface area contributed by atoms with Crippen LogP contribution in [0.1, 0.15) is 29.6 Å². The second kappa shape index (κ2) is 7.46. The molecule has 0 unspecified atom stereocenters. The number of alkyl halides is 2. The molecule has 1 aromatic rings. The highest BCUT2D eigenvalue weighted by molar-refractivity contribution is 9.12. The first-order valence-corrected chi connectivity index (χ1v) is 12.0. The van der Waals surface area contributed by atoms with Gasteiger partial charge in [-0.3, -0.25) is 19.3 Å². The number of halogens is 2. The zero-order chi connectivity index (χ0) is 20.3. The van der Waals surface area contributed by atoms with Gasteiger partial charge >= 0.3 is 0 Å². The number of fused-ring (bicyclic) bond motifs is 5. The summed E-state index contributed by atoms with van der Waals surface area (Å²) in [6, 6.07) is 6.79. The number of benzene rings is 1. The van der Waals surface area contributed by atoms with Crippen molar-refractivity contribution in [3.05, 3.63) is 29.8 Å². The van der Waals surface area contributed by atoms with Crippen LogP contribution in [-0.4, -0.2) is 46.6 Å². The lowest BCUT2D eigenvalue weighted by Gasteiger charge is -2.28. The molecule has 1 N–H and O–H groups in total. The van der Waals surface area contributed by atoms with Crippen LogP contribution in [0.25, 0.3) is 0 Å². The molecule has 5 rings (SSSR count). The van der Waals surface area contributed by atoms with E-state index in [9.17, 15) is 14.4 Å². The third kappa shape index (κ3) is 3.10. The van der Waals surface area contributed by atoms with Crippen molar-refractivity contribution in [1.82, 2.24) is 5.32 Å². The quantitative estimate of drug-likeness (QED) is 0.484. The van der Waals surface area contributed by atoms with Crippen LogP contribution in [0.15, 0.2) is 24.3 Å². The summed E-state index contributed by atoms with van der Waals surface area (Å²) < 4.78 is 5.54. The molecular formula is C21H22Br2N2O4. The number of nitrogens with zero attached hydrogens (tertiary/aromatic N) is 1. The lowest BCUT2D eigenvalue weighted by Crippen LogP contribution is -2.37. The zero-order valence-electron chi connectivity index (χ0n) is 15.7. The summed E-state index contributed by atoms with van der Waals surface area (Å²) in [4.78, 5) is 40.6. The van der Waals surface area contributed by atoms with E-state index >= 15 is 0 Å². The first kappa shape index (κ1) is 19.7. The monoisotopic (exact) mass is 524 g/mol. The highest BCUT2D eigenvalue weighted by Gasteiger charge is 2.66. The van der Waals surface area contributed by atoms with Crippen molar-refractivity contribution >= 4 is 55.3 Å². The van der Waals surface area contributed by atoms with Gasteiger partial charge < -0.3 is 10.1 Å². The Kier molecular flexibility index (Phi) is 5.07. The Balaban J connectivity index is 1.35. The third-order valence-electron chi connectivity index (χ3n) is 6.87. The van der Waals surface area contributed by atoms with E-state index in [0.29, 0.717) is 17.8 Å². The number of nitrogens with one attached hydrogen (secondary N) is 1. The maximum absolute atomic E-state index is 13.2. The molecule has 3 amide bonds. The molecule has 2 heterocycles. The van der Waals surface area contributed by atoms with E-state index in [0.717, 1.165) is 25.9 Å². The van der Waals surface area contributed by atoms with Crippen molar-refractivity contribution < 1.29 is 19.1 Å². The molecule has 0 spiro atoms. The summed E-state index contributed by atoms with van der Waals surface area (Å²) in [6.07, 6.45) is 2.93. The Morgan fingerprint density at radius 2 is 1.83 bits per heavy atom. The van der Waals surface area contributed by atoms with Crippen molar-refractivity contribution in [3.8, 4) is 0 Å². The van der Waals surface area contributed by atoms with Gasteiger partial charge in [0.1, 0.15) is 0 Å². The highest BCUT2D eigenvalue weighted by Crippen LogP contribution is 2.60. The second-order valence-corrected chi connectivity index (χ2v) is 10.5. The van der Waals surface area contributed by atoms with E-state index < -0.39 is 0 Å². The number of hydrogen-bond acceptors (Lipinski definition) is 4. The molecular weight excluding hydrogens is 504 g/mol. The first-order valence-electron chi connectivity index (χ1n) is 10.1. The number of amides is 3. The van der Waals surface area contributed by atoms with Crippen LogP contribution in [0.4, 0.5) is 5.69 Å². The van der Waals surface area contributed by atoms with Crippen molar-refractivity contribution in [1.29, 1.82) is 0 Å². The average Bonchev–Trinajstić information content (AvgIpc) is 3.47. The summed E-state index contributed by atoms with van der Waals surface area (Å²) in [5.41, 5.74) is 0.925. The molecule has 2 saturated carbocycles. The van der Waals surface area contributed by atoms with Crippen LogP contribution in [0, 0.1) is 23.7 Å². The van der Waals surface area contributed by atoms with Crippen molar-refractivity contribution in [2.45, 2.75) is 35.0 Å². The molecule has 2 aliphatic heterocycles. The zero-order valence-corrected chi connectivity index (χ0v) is 18.9. The van der Waals surface area contributed by atoms with Gasteiger partial charge in [-0.05, 0) is 49.3 Å². The Morgan fingerprint density at radius 1 is 1.14 bits per heavy atom. The Labute approximate surface area is 186 Å². The predicted molar refractivity (Wildman–Crippen MR) is 114 cm³/mol. The SMILES string of the molecule is O=C(NC[C@@H]1CCCO1)c1cccc(N2C(=O)[C@@H]3[C@H]4C[C@H]([C@H](Br)[C@@H]4Br)[C@@H]3C2=O)c1. The largest absolute Gasteiger partial charge is 0.376 e. The van der Waals surface area contributed by atoms with Gasteiger partial charge in [-0.25, -0.2) is 0 Å². The summed E-state index contributed by atoms with van der Waals surface area (Å²) in [5, 5.41) is 2.89. The maximum Gasteiger partial charge on any atom is 0.251 e. The van der Waals surface area contributed by atoms with Gasteiger partial charge in [0.2, 0.25) is 11.8 Å². The van der Waals surface area contributed by atoms with Crippen LogP contribution in [-0.2, 0) is 14.3 Å². The molecule has 6 nitrogen and oxygen atoms in total. The number of anilines is 1. The number of rotatable bonds is 4. The topological polar surface area (TPSA) is 75.7 Å². The molecule has 7 atom stereocenters. The molecule has 0 aromatic heterocycles. The number of carbonyl (C=O) groups is 3. The van der Waals surface area contributed by atoms with Gasteiger partial charge in [-0.1, -0.05) is 37.9 Å². The summed E-state index contributed by atoms with van der Waals surface area (Å²) >= 11 is 7.41. The molecule has 154 valence electrons. The van der Waals surface area contributed by atoms with Crippen LogP contribution in [0.3, 0.4) is 0 Å². The van der Waals surface area contributed by atoms with Gasteiger partial charge in [-0.2, -0.15) is 0 Å². The number of ether oxygens (including phenoxy) is 1. The first-order chi connectivity index (χ1) is 14.0. The minimum absolute atomic E-state index is 0.0631. The lowest BCUT2D eigenvalue weighted by atomic mass is 9.81. The molecule has 0 radical (unpaired) electrons. The van der Waals surface area contributed by atoms with Crippen molar-refractivity contribution in [3.63, 3.8) is 0 Å². The molecule has 2 saturated heterocycles. The minimum Gasteiger partial charge on any atom is -0.376 e. The van der Waals surface area contributed by atoms with Crippen molar-refractivity contribution in [2.24, 2.45) is 23.7 Å². The maximum atomic E-state index is 13.2. The normalized spacial score (nSPS) is 38.0. The minimum atomic E-state index is -0.261. The number of carbonyl (C=O) groups excluding carboxylic acids is 3. The lowest BCUT2D eigenvalue weighted by molar-refractivity contribution is -0.123. The van der Waals surface area contributed by atoms with Crippen LogP contribution in [0.2, 0.25) is 0 Å². The number of imide groups is 1. The summed E-state index contributed by atoms with van der Waals surface area (Å²) in [5.74, 6) is -0.655. The van der Waals surface area contributed by atoms with E-state index in [1.807, 2.05) is 0 Å². The Bertz CT molecular complexity index is 840. The van der Waals surface area contributed by atoms with Crippen molar-refractivity contribution in [2.75, 3.05) is 18.1 Å². The van der Waals surface area contributed by atoms with E-state index in [1.165, 1.54) is 4.90 Å². The van der Waals surface area contributed by atoms with Crippen LogP contribution >= 0.6 is 31.9 Å². The average molecular weight is 526 g/mol. The van der Waals surface area contributed by atoms with Crippen LogP contribution < -0.4 is 10.2 Å². The molecule has 1 aromatic carbocycles. The third-order valence-corrected chi connectivity index (χ3v) is 10.1. The fourth-order valence-corrected chi connectivity index (χ4v) is 7.38. The fraction of sp³-hybridized carbons (Fsp3) is 0.571. The molecule has 8 heteroatoms. The standard InChI is InChI=1S/C21H22Br2N2O4/c22-17-13-8-14(18(17)23)16-15(13)20(27)25(21(16)28)11-4-1-3-10(7-11)19(26)24-9-12-5-2-6-29-12/h1,3-4,7,12-18H,2,5-6,8-9H2,(H,24,26)/t12-,13-,14+,15-,16+,17-,18+/m0/s1. The summed E-state index contributed by atoms with van der Waals surface area (Å²) in [7, 11) is 0. The highest BCUT2D eigenvalue weighted by atomic mass is 79.9. The number of hydrogen-bond donors (Lipinski definition) is 1. The summed E-state index contributed by atoms with van der Waals surface area (Å²) in [6.45, 7) is 1.21.